The van der Waals surface area contributed by atoms with Crippen molar-refractivity contribution in [1.29, 1.82) is 0 Å². The molecule has 0 saturated heterocycles. The Morgan fingerprint density at radius 2 is 2.05 bits per heavy atom. The first-order chi connectivity index (χ1) is 9.10. The number of hydrogen-bond donors (Lipinski definition) is 1. The number of benzene rings is 1. The van der Waals surface area contributed by atoms with Gasteiger partial charge < -0.3 is 4.74 Å². The van der Waals surface area contributed by atoms with Crippen LogP contribution in [0.25, 0.3) is 0 Å². The predicted octanol–water partition coefficient (Wildman–Crippen LogP) is 3.83. The number of ether oxygens (including phenoxy) is 1. The Kier molecular flexibility index (Phi) is 7.10. The monoisotopic (exact) mass is 327 g/mol. The molecule has 0 bridgehead atoms. The molecule has 0 spiro atoms. The first-order valence-electron chi connectivity index (χ1n) is 6.77. The smallest absolute Gasteiger partial charge is 0.323 e. The van der Waals surface area contributed by atoms with Gasteiger partial charge in [0, 0.05) is 10.5 Å². The Labute approximate surface area is 123 Å². The zero-order chi connectivity index (χ0) is 14.3. The SMILES string of the molecule is CCCC(N[C@H](C)c1ccccc1Br)C(=O)OCC. The van der Waals surface area contributed by atoms with Gasteiger partial charge in [0.05, 0.1) is 6.61 Å². The zero-order valence-corrected chi connectivity index (χ0v) is 13.4. The normalized spacial score (nSPS) is 13.9. The van der Waals surface area contributed by atoms with Crippen molar-refractivity contribution < 1.29 is 9.53 Å². The molecule has 0 aliphatic rings. The Hall–Kier alpha value is -0.870. The van der Waals surface area contributed by atoms with Gasteiger partial charge in [0.1, 0.15) is 6.04 Å². The van der Waals surface area contributed by atoms with E-state index < -0.39 is 0 Å². The minimum Gasteiger partial charge on any atom is -0.465 e. The summed E-state index contributed by atoms with van der Waals surface area (Å²) in [6.07, 6.45) is 1.73. The van der Waals surface area contributed by atoms with Crippen molar-refractivity contribution >= 4 is 21.9 Å². The molecule has 2 atom stereocenters. The maximum Gasteiger partial charge on any atom is 0.323 e. The minimum atomic E-state index is -0.243. The van der Waals surface area contributed by atoms with Crippen molar-refractivity contribution in [2.45, 2.75) is 45.7 Å². The summed E-state index contributed by atoms with van der Waals surface area (Å²) in [5.74, 6) is -0.164. The van der Waals surface area contributed by atoms with Crippen molar-refractivity contribution in [3.05, 3.63) is 34.3 Å². The van der Waals surface area contributed by atoms with Crippen molar-refractivity contribution in [2.24, 2.45) is 0 Å². The first-order valence-corrected chi connectivity index (χ1v) is 7.56. The first kappa shape index (κ1) is 16.2. The summed E-state index contributed by atoms with van der Waals surface area (Å²) in [6.45, 7) is 6.38. The molecular formula is C15H22BrNO2. The van der Waals surface area contributed by atoms with E-state index in [0.29, 0.717) is 6.61 Å². The van der Waals surface area contributed by atoms with Crippen LogP contribution in [-0.4, -0.2) is 18.6 Å². The molecule has 1 aromatic carbocycles. The summed E-state index contributed by atoms with van der Waals surface area (Å²) in [7, 11) is 0. The Bertz CT molecular complexity index is 409. The molecule has 0 fully saturated rings. The second-order valence-corrected chi connectivity index (χ2v) is 5.36. The summed E-state index contributed by atoms with van der Waals surface area (Å²) in [6, 6.07) is 7.89. The predicted molar refractivity (Wildman–Crippen MR) is 81.0 cm³/mol. The second-order valence-electron chi connectivity index (χ2n) is 4.50. The molecule has 0 aliphatic heterocycles. The highest BCUT2D eigenvalue weighted by Gasteiger charge is 2.21. The summed E-state index contributed by atoms with van der Waals surface area (Å²) in [5.41, 5.74) is 1.15. The van der Waals surface area contributed by atoms with Crippen LogP contribution in [0.2, 0.25) is 0 Å². The highest BCUT2D eigenvalue weighted by Crippen LogP contribution is 2.23. The summed E-state index contributed by atoms with van der Waals surface area (Å²) in [5, 5.41) is 3.36. The van der Waals surface area contributed by atoms with E-state index in [-0.39, 0.29) is 18.1 Å². The number of rotatable bonds is 7. The Morgan fingerprint density at radius 1 is 1.37 bits per heavy atom. The largest absolute Gasteiger partial charge is 0.465 e. The number of esters is 1. The number of carbonyl (C=O) groups excluding carboxylic acids is 1. The number of hydrogen-bond acceptors (Lipinski definition) is 3. The lowest BCUT2D eigenvalue weighted by molar-refractivity contribution is -0.146. The van der Waals surface area contributed by atoms with Gasteiger partial charge in [-0.25, -0.2) is 0 Å². The molecule has 1 rings (SSSR count). The van der Waals surface area contributed by atoms with Crippen LogP contribution in [0.15, 0.2) is 28.7 Å². The number of halogens is 1. The van der Waals surface area contributed by atoms with Gasteiger partial charge in [-0.1, -0.05) is 47.5 Å². The summed E-state index contributed by atoms with van der Waals surface area (Å²) >= 11 is 3.54. The highest BCUT2D eigenvalue weighted by molar-refractivity contribution is 9.10. The molecule has 0 saturated carbocycles. The fourth-order valence-corrected chi connectivity index (χ4v) is 2.65. The molecule has 0 amide bonds. The van der Waals surface area contributed by atoms with Crippen molar-refractivity contribution in [3.63, 3.8) is 0 Å². The lowest BCUT2D eigenvalue weighted by Crippen LogP contribution is -2.39. The highest BCUT2D eigenvalue weighted by atomic mass is 79.9. The van der Waals surface area contributed by atoms with Crippen LogP contribution in [0.5, 0.6) is 0 Å². The zero-order valence-electron chi connectivity index (χ0n) is 11.8. The van der Waals surface area contributed by atoms with Crippen LogP contribution in [0.4, 0.5) is 0 Å². The van der Waals surface area contributed by atoms with E-state index in [2.05, 4.69) is 41.2 Å². The molecular weight excluding hydrogens is 306 g/mol. The third-order valence-electron chi connectivity index (χ3n) is 2.97. The van der Waals surface area contributed by atoms with Gasteiger partial charge in [-0.15, -0.1) is 0 Å². The third kappa shape index (κ3) is 4.96. The number of carbonyl (C=O) groups is 1. The topological polar surface area (TPSA) is 38.3 Å². The molecule has 3 nitrogen and oxygen atoms in total. The molecule has 0 aliphatic carbocycles. The summed E-state index contributed by atoms with van der Waals surface area (Å²) in [4.78, 5) is 11.9. The van der Waals surface area contributed by atoms with E-state index in [4.69, 9.17) is 4.74 Å². The minimum absolute atomic E-state index is 0.0940. The molecule has 0 radical (unpaired) electrons. The van der Waals surface area contributed by atoms with Crippen LogP contribution in [0.3, 0.4) is 0 Å². The quantitative estimate of drug-likeness (QED) is 0.773. The van der Waals surface area contributed by atoms with Crippen LogP contribution in [-0.2, 0) is 9.53 Å². The summed E-state index contributed by atoms with van der Waals surface area (Å²) < 4.78 is 6.16. The van der Waals surface area contributed by atoms with Crippen molar-refractivity contribution in [3.8, 4) is 0 Å². The van der Waals surface area contributed by atoms with E-state index >= 15 is 0 Å². The van der Waals surface area contributed by atoms with Gasteiger partial charge in [0.25, 0.3) is 0 Å². The molecule has 1 N–H and O–H groups in total. The average Bonchev–Trinajstić information content (AvgIpc) is 2.39. The number of nitrogens with one attached hydrogen (secondary N) is 1. The lowest BCUT2D eigenvalue weighted by Gasteiger charge is -2.22. The maximum atomic E-state index is 11.9. The van der Waals surface area contributed by atoms with E-state index in [1.807, 2.05) is 25.1 Å². The van der Waals surface area contributed by atoms with Gasteiger partial charge in [0.2, 0.25) is 0 Å². The second kappa shape index (κ2) is 8.33. The average molecular weight is 328 g/mol. The fraction of sp³-hybridized carbons (Fsp3) is 0.533. The Balaban J connectivity index is 2.73. The van der Waals surface area contributed by atoms with Gasteiger partial charge >= 0.3 is 5.97 Å². The molecule has 1 unspecified atom stereocenters. The van der Waals surface area contributed by atoms with Crippen LogP contribution < -0.4 is 5.32 Å². The van der Waals surface area contributed by atoms with Crippen LogP contribution >= 0.6 is 15.9 Å². The van der Waals surface area contributed by atoms with Crippen LogP contribution in [0, 0.1) is 0 Å². The van der Waals surface area contributed by atoms with E-state index in [9.17, 15) is 4.79 Å². The molecule has 1 aromatic rings. The lowest BCUT2D eigenvalue weighted by atomic mass is 10.1. The maximum absolute atomic E-state index is 11.9. The molecule has 19 heavy (non-hydrogen) atoms. The van der Waals surface area contributed by atoms with Gasteiger partial charge in [-0.05, 0) is 31.9 Å². The standard InChI is InChI=1S/C15H22BrNO2/c1-4-8-14(15(18)19-5-2)17-11(3)12-9-6-7-10-13(12)16/h6-7,9-11,14,17H,4-5,8H2,1-3H3/t11-,14?/m1/s1. The fourth-order valence-electron chi connectivity index (χ4n) is 2.02. The van der Waals surface area contributed by atoms with Gasteiger partial charge in [-0.2, -0.15) is 0 Å². The van der Waals surface area contributed by atoms with Crippen molar-refractivity contribution in [1.82, 2.24) is 5.32 Å². The molecule has 0 aromatic heterocycles. The third-order valence-corrected chi connectivity index (χ3v) is 3.69. The van der Waals surface area contributed by atoms with Crippen LogP contribution in [0.1, 0.15) is 45.2 Å². The van der Waals surface area contributed by atoms with E-state index in [0.717, 1.165) is 22.9 Å². The molecule has 4 heteroatoms. The molecule has 106 valence electrons. The van der Waals surface area contributed by atoms with Gasteiger partial charge in [0.15, 0.2) is 0 Å². The van der Waals surface area contributed by atoms with E-state index in [1.165, 1.54) is 0 Å². The Morgan fingerprint density at radius 3 is 2.63 bits per heavy atom. The van der Waals surface area contributed by atoms with Crippen molar-refractivity contribution in [2.75, 3.05) is 6.61 Å². The molecule has 0 heterocycles. The van der Waals surface area contributed by atoms with Gasteiger partial charge in [-0.3, -0.25) is 10.1 Å². The van der Waals surface area contributed by atoms with E-state index in [1.54, 1.807) is 0 Å².